The van der Waals surface area contributed by atoms with Gasteiger partial charge in [0.25, 0.3) is 11.1 Å². The lowest BCUT2D eigenvalue weighted by Crippen LogP contribution is -2.51. The smallest absolute Gasteiger partial charge is 0.277 e. The molecule has 1 aromatic carbocycles. The second-order valence-corrected chi connectivity index (χ2v) is 10.5. The van der Waals surface area contributed by atoms with Gasteiger partial charge in [-0.3, -0.25) is 4.79 Å². The van der Waals surface area contributed by atoms with Crippen molar-refractivity contribution in [1.82, 2.24) is 20.5 Å². The van der Waals surface area contributed by atoms with Crippen LogP contribution in [0.25, 0.3) is 22.4 Å². The molecule has 156 valence electrons. The van der Waals surface area contributed by atoms with E-state index in [1.807, 2.05) is 30.5 Å². The Balaban J connectivity index is 1.05. The third-order valence-electron chi connectivity index (χ3n) is 7.38. The monoisotopic (exact) mass is 422 g/mol. The van der Waals surface area contributed by atoms with Gasteiger partial charge in [0.1, 0.15) is 0 Å². The zero-order valence-electron chi connectivity index (χ0n) is 16.9. The number of amides is 1. The molecule has 0 aliphatic heterocycles. The predicted octanol–water partition coefficient (Wildman–Crippen LogP) is 4.64. The first-order chi connectivity index (χ1) is 14.7. The highest BCUT2D eigenvalue weighted by Gasteiger charge is 2.50. The van der Waals surface area contributed by atoms with Crippen molar-refractivity contribution in [1.29, 1.82) is 0 Å². The molecule has 0 radical (unpaired) electrons. The van der Waals surface area contributed by atoms with E-state index in [1.165, 1.54) is 50.3 Å². The van der Waals surface area contributed by atoms with E-state index in [4.69, 9.17) is 4.42 Å². The molecular weight excluding hydrogens is 396 g/mol. The summed E-state index contributed by atoms with van der Waals surface area (Å²) < 4.78 is 5.81. The molecule has 2 N–H and O–H groups in total. The van der Waals surface area contributed by atoms with Gasteiger partial charge in [0.05, 0.1) is 11.3 Å². The lowest BCUT2D eigenvalue weighted by molar-refractivity contribution is -0.120. The molecular formula is C23H26N4O2S. The highest BCUT2D eigenvalue weighted by atomic mass is 32.2. The molecule has 0 spiro atoms. The summed E-state index contributed by atoms with van der Waals surface area (Å²) in [5, 5.41) is 13.0. The Bertz CT molecular complexity index is 1050. The average Bonchev–Trinajstić information content (AvgIpc) is 3.36. The minimum Gasteiger partial charge on any atom is -0.411 e. The minimum atomic E-state index is 0.0580. The normalized spacial score (nSPS) is 29.5. The number of carbonyl (C=O) groups excluding carboxylic acids is 1. The van der Waals surface area contributed by atoms with Gasteiger partial charge in [-0.05, 0) is 67.8 Å². The van der Waals surface area contributed by atoms with Crippen molar-refractivity contribution in [3.8, 4) is 11.5 Å². The molecule has 0 saturated heterocycles. The van der Waals surface area contributed by atoms with Gasteiger partial charge in [0.2, 0.25) is 5.91 Å². The fourth-order valence-electron chi connectivity index (χ4n) is 6.60. The van der Waals surface area contributed by atoms with Crippen LogP contribution in [0.1, 0.15) is 38.5 Å². The van der Waals surface area contributed by atoms with Gasteiger partial charge in [-0.1, -0.05) is 30.0 Å². The number of hydrogen-bond acceptors (Lipinski definition) is 5. The topological polar surface area (TPSA) is 83.8 Å². The van der Waals surface area contributed by atoms with Gasteiger partial charge in [-0.15, -0.1) is 10.2 Å². The van der Waals surface area contributed by atoms with E-state index in [9.17, 15) is 4.79 Å². The van der Waals surface area contributed by atoms with Crippen molar-refractivity contribution in [3.63, 3.8) is 0 Å². The van der Waals surface area contributed by atoms with Crippen molar-refractivity contribution >= 4 is 28.6 Å². The summed E-state index contributed by atoms with van der Waals surface area (Å²) in [7, 11) is 0. The standard InChI is InChI=1S/C23H26N4O2S/c28-20(25-13-23-8-14-5-15(9-23)7-16(6-14)10-23)12-30-22-27-26-21(29-22)18-11-24-19-4-2-1-3-17(18)19/h1-4,11,14-16,24H,5-10,12-13H2,(H,25,28). The molecule has 6 nitrogen and oxygen atoms in total. The van der Waals surface area contributed by atoms with Crippen molar-refractivity contribution < 1.29 is 9.21 Å². The maximum atomic E-state index is 12.5. The summed E-state index contributed by atoms with van der Waals surface area (Å²) >= 11 is 1.31. The number of hydrogen-bond donors (Lipinski definition) is 2. The zero-order chi connectivity index (χ0) is 20.1. The van der Waals surface area contributed by atoms with Crippen LogP contribution in [0.5, 0.6) is 0 Å². The molecule has 0 atom stereocenters. The number of benzene rings is 1. The molecule has 0 unspecified atom stereocenters. The van der Waals surface area contributed by atoms with Crippen molar-refractivity contribution in [2.45, 2.75) is 43.7 Å². The molecule has 4 saturated carbocycles. The number of H-pyrrole nitrogens is 1. The second kappa shape index (κ2) is 7.15. The number of thioether (sulfide) groups is 1. The largest absolute Gasteiger partial charge is 0.411 e. The SMILES string of the molecule is O=C(CSc1nnc(-c2c[nH]c3ccccc23)o1)NCC12CC3CC(CC(C3)C1)C2. The molecule has 2 aromatic heterocycles. The third-order valence-corrected chi connectivity index (χ3v) is 8.20. The number of nitrogens with one attached hydrogen (secondary N) is 2. The van der Waals surface area contributed by atoms with Crippen LogP contribution in [0.4, 0.5) is 0 Å². The molecule has 4 fully saturated rings. The van der Waals surface area contributed by atoms with Gasteiger partial charge >= 0.3 is 0 Å². The van der Waals surface area contributed by atoms with Crippen LogP contribution in [-0.2, 0) is 4.79 Å². The predicted molar refractivity (Wildman–Crippen MR) is 116 cm³/mol. The van der Waals surface area contributed by atoms with Crippen molar-refractivity contribution in [2.75, 3.05) is 12.3 Å². The highest BCUT2D eigenvalue weighted by molar-refractivity contribution is 7.99. The molecule has 7 rings (SSSR count). The van der Waals surface area contributed by atoms with E-state index in [0.717, 1.165) is 40.8 Å². The van der Waals surface area contributed by atoms with Crippen LogP contribution in [0, 0.1) is 23.2 Å². The molecule has 3 aromatic rings. The van der Waals surface area contributed by atoms with E-state index >= 15 is 0 Å². The summed E-state index contributed by atoms with van der Waals surface area (Å²) in [5.74, 6) is 3.56. The summed E-state index contributed by atoms with van der Waals surface area (Å²) in [6, 6.07) is 8.01. The average molecular weight is 423 g/mol. The van der Waals surface area contributed by atoms with E-state index in [0.29, 0.717) is 22.3 Å². The van der Waals surface area contributed by atoms with Gasteiger partial charge in [0.15, 0.2) is 0 Å². The summed E-state index contributed by atoms with van der Waals surface area (Å²) in [4.78, 5) is 15.7. The zero-order valence-corrected chi connectivity index (χ0v) is 17.7. The van der Waals surface area contributed by atoms with Crippen molar-refractivity contribution in [3.05, 3.63) is 30.5 Å². The third kappa shape index (κ3) is 3.33. The first-order valence-electron chi connectivity index (χ1n) is 11.0. The quantitative estimate of drug-likeness (QED) is 0.565. The lowest BCUT2D eigenvalue weighted by atomic mass is 9.49. The molecule has 7 heteroatoms. The first-order valence-corrected chi connectivity index (χ1v) is 11.9. The van der Waals surface area contributed by atoms with Crippen LogP contribution >= 0.6 is 11.8 Å². The Hall–Kier alpha value is -2.28. The van der Waals surface area contributed by atoms with E-state index < -0.39 is 0 Å². The van der Waals surface area contributed by atoms with Crippen LogP contribution < -0.4 is 5.32 Å². The maximum Gasteiger partial charge on any atom is 0.277 e. The van der Waals surface area contributed by atoms with E-state index in [-0.39, 0.29) is 5.91 Å². The Morgan fingerprint density at radius 2 is 1.87 bits per heavy atom. The van der Waals surface area contributed by atoms with Crippen LogP contribution in [0.15, 0.2) is 40.1 Å². The number of carbonyl (C=O) groups is 1. The maximum absolute atomic E-state index is 12.5. The summed E-state index contributed by atoms with van der Waals surface area (Å²) in [6.07, 6.45) is 10.1. The Kier molecular flexibility index (Phi) is 4.41. The van der Waals surface area contributed by atoms with Gasteiger partial charge in [0, 0.05) is 23.6 Å². The van der Waals surface area contributed by atoms with Crippen LogP contribution in [0.3, 0.4) is 0 Å². The minimum absolute atomic E-state index is 0.0580. The highest BCUT2D eigenvalue weighted by Crippen LogP contribution is 2.59. The van der Waals surface area contributed by atoms with E-state index in [1.54, 1.807) is 0 Å². The summed E-state index contributed by atoms with van der Waals surface area (Å²) in [5.41, 5.74) is 2.28. The number of aromatic amines is 1. The number of aromatic nitrogens is 3. The van der Waals surface area contributed by atoms with Crippen LogP contribution in [-0.4, -0.2) is 33.4 Å². The Morgan fingerprint density at radius 1 is 1.13 bits per heavy atom. The number of nitrogens with zero attached hydrogens (tertiary/aromatic N) is 2. The van der Waals surface area contributed by atoms with E-state index in [2.05, 4.69) is 20.5 Å². The van der Waals surface area contributed by atoms with Gasteiger partial charge in [-0.25, -0.2) is 0 Å². The Labute approximate surface area is 179 Å². The van der Waals surface area contributed by atoms with Crippen molar-refractivity contribution in [2.24, 2.45) is 23.2 Å². The van der Waals surface area contributed by atoms with Gasteiger partial charge in [-0.2, -0.15) is 0 Å². The molecule has 2 heterocycles. The molecule has 4 bridgehead atoms. The molecule has 4 aliphatic rings. The fraction of sp³-hybridized carbons (Fsp3) is 0.522. The van der Waals surface area contributed by atoms with Gasteiger partial charge < -0.3 is 14.7 Å². The second-order valence-electron chi connectivity index (χ2n) is 9.60. The molecule has 4 aliphatic carbocycles. The lowest BCUT2D eigenvalue weighted by Gasteiger charge is -2.56. The molecule has 1 amide bonds. The molecule has 30 heavy (non-hydrogen) atoms. The fourth-order valence-corrected chi connectivity index (χ4v) is 7.19. The number of fused-ring (bicyclic) bond motifs is 1. The summed E-state index contributed by atoms with van der Waals surface area (Å²) in [6.45, 7) is 0.834. The number of rotatable bonds is 6. The first kappa shape index (κ1) is 18.5. The van der Waals surface area contributed by atoms with Crippen LogP contribution in [0.2, 0.25) is 0 Å². The number of para-hydroxylation sites is 1. The Morgan fingerprint density at radius 3 is 2.63 bits per heavy atom.